The fourth-order valence-corrected chi connectivity index (χ4v) is 1.83. The maximum Gasteiger partial charge on any atom is 0.159 e. The molecule has 0 aliphatic carbocycles. The second-order valence-electron chi connectivity index (χ2n) is 4.09. The molecule has 1 N–H and O–H groups in total. The van der Waals surface area contributed by atoms with Crippen LogP contribution >= 0.6 is 0 Å². The number of aryl methyl sites for hydroxylation is 1. The Morgan fingerprint density at radius 3 is 2.78 bits per heavy atom. The molecule has 18 heavy (non-hydrogen) atoms. The average Bonchev–Trinajstić information content (AvgIpc) is 2.39. The van der Waals surface area contributed by atoms with Crippen LogP contribution in [0.2, 0.25) is 0 Å². The molecule has 1 heterocycles. The Hall–Kier alpha value is -1.94. The van der Waals surface area contributed by atoms with Gasteiger partial charge in [-0.25, -0.2) is 9.97 Å². The van der Waals surface area contributed by atoms with Crippen molar-refractivity contribution in [1.29, 1.82) is 0 Å². The van der Waals surface area contributed by atoms with Crippen LogP contribution < -0.4 is 10.1 Å². The van der Waals surface area contributed by atoms with Gasteiger partial charge >= 0.3 is 0 Å². The number of ether oxygens (including phenoxy) is 1. The lowest BCUT2D eigenvalue weighted by Crippen LogP contribution is -2.07. The second-order valence-corrected chi connectivity index (χ2v) is 4.09. The summed E-state index contributed by atoms with van der Waals surface area (Å²) in [5, 5.41) is 3.08. The number of nitrogens with one attached hydrogen (secondary N) is 1. The van der Waals surface area contributed by atoms with E-state index in [1.165, 1.54) is 0 Å². The number of methoxy groups -OCH3 is 1. The summed E-state index contributed by atoms with van der Waals surface area (Å²) in [5.74, 6) is 1.62. The molecular formula is C14H17N3O. The van der Waals surface area contributed by atoms with E-state index in [4.69, 9.17) is 4.74 Å². The molecule has 0 saturated carbocycles. The molecule has 1 aromatic heterocycles. The molecule has 0 aliphatic rings. The third-order valence-corrected chi connectivity index (χ3v) is 2.72. The number of hydrogen-bond acceptors (Lipinski definition) is 4. The Morgan fingerprint density at radius 2 is 2.11 bits per heavy atom. The number of rotatable bonds is 4. The zero-order valence-electron chi connectivity index (χ0n) is 10.9. The van der Waals surface area contributed by atoms with E-state index in [0.717, 1.165) is 34.9 Å². The summed E-state index contributed by atoms with van der Waals surface area (Å²) in [6, 6.07) is 7.87. The van der Waals surface area contributed by atoms with Gasteiger partial charge in [0.2, 0.25) is 0 Å². The van der Waals surface area contributed by atoms with Gasteiger partial charge in [0.1, 0.15) is 5.75 Å². The predicted octanol–water partition coefficient (Wildman–Crippen LogP) is 2.18. The van der Waals surface area contributed by atoms with Crippen molar-refractivity contribution in [2.24, 2.45) is 0 Å². The molecule has 2 rings (SSSR count). The summed E-state index contributed by atoms with van der Waals surface area (Å²) in [6.45, 7) is 2.75. The van der Waals surface area contributed by atoms with E-state index in [1.54, 1.807) is 13.3 Å². The predicted molar refractivity (Wildman–Crippen MR) is 71.5 cm³/mol. The quantitative estimate of drug-likeness (QED) is 0.894. The fourth-order valence-electron chi connectivity index (χ4n) is 1.83. The Bertz CT molecular complexity index is 540. The molecule has 0 saturated heterocycles. The van der Waals surface area contributed by atoms with Crippen molar-refractivity contribution in [3.63, 3.8) is 0 Å². The van der Waals surface area contributed by atoms with Gasteiger partial charge in [-0.15, -0.1) is 0 Å². The largest absolute Gasteiger partial charge is 0.496 e. The first-order valence-corrected chi connectivity index (χ1v) is 5.86. The van der Waals surface area contributed by atoms with Crippen LogP contribution in [0.3, 0.4) is 0 Å². The van der Waals surface area contributed by atoms with Crippen LogP contribution in [0.15, 0.2) is 30.5 Å². The lowest BCUT2D eigenvalue weighted by atomic mass is 10.1. The van der Waals surface area contributed by atoms with E-state index in [-0.39, 0.29) is 0 Å². The number of nitrogens with zero attached hydrogens (tertiary/aromatic N) is 2. The van der Waals surface area contributed by atoms with E-state index in [2.05, 4.69) is 15.3 Å². The molecule has 0 bridgehead atoms. The fraction of sp³-hybridized carbons (Fsp3) is 0.286. The Balaban J connectivity index is 2.36. The van der Waals surface area contributed by atoms with Crippen molar-refractivity contribution >= 4 is 0 Å². The molecule has 0 unspecified atom stereocenters. The summed E-state index contributed by atoms with van der Waals surface area (Å²) in [7, 11) is 3.57. The third-order valence-electron chi connectivity index (χ3n) is 2.72. The van der Waals surface area contributed by atoms with Crippen LogP contribution in [0.1, 0.15) is 11.3 Å². The first kappa shape index (κ1) is 12.5. The van der Waals surface area contributed by atoms with Gasteiger partial charge in [0.25, 0.3) is 0 Å². The van der Waals surface area contributed by atoms with Crippen LogP contribution in [0.4, 0.5) is 0 Å². The van der Waals surface area contributed by atoms with Gasteiger partial charge in [-0.05, 0) is 43.8 Å². The van der Waals surface area contributed by atoms with Crippen LogP contribution in [0, 0.1) is 6.92 Å². The molecule has 94 valence electrons. The standard InChI is InChI=1S/C14H17N3O/c1-10-8-11(4-5-13(10)18-3)14-16-7-6-12(17-14)9-15-2/h4-8,15H,9H2,1-3H3. The summed E-state index contributed by atoms with van der Waals surface area (Å²) in [5.41, 5.74) is 3.07. The van der Waals surface area contributed by atoms with Gasteiger partial charge in [-0.2, -0.15) is 0 Å². The summed E-state index contributed by atoms with van der Waals surface area (Å²) in [6.07, 6.45) is 1.79. The van der Waals surface area contributed by atoms with Gasteiger partial charge in [-0.3, -0.25) is 0 Å². The van der Waals surface area contributed by atoms with Crippen LogP contribution in [-0.4, -0.2) is 24.1 Å². The molecule has 0 fully saturated rings. The highest BCUT2D eigenvalue weighted by atomic mass is 16.5. The minimum Gasteiger partial charge on any atom is -0.496 e. The molecular weight excluding hydrogens is 226 g/mol. The Kier molecular flexibility index (Phi) is 3.89. The molecule has 0 atom stereocenters. The second kappa shape index (κ2) is 5.60. The summed E-state index contributed by atoms with van der Waals surface area (Å²) in [4.78, 5) is 8.82. The average molecular weight is 243 g/mol. The van der Waals surface area contributed by atoms with Gasteiger partial charge in [0.05, 0.1) is 12.8 Å². The van der Waals surface area contributed by atoms with Gasteiger partial charge in [-0.1, -0.05) is 0 Å². The van der Waals surface area contributed by atoms with Crippen molar-refractivity contribution in [2.75, 3.05) is 14.2 Å². The van der Waals surface area contributed by atoms with E-state index >= 15 is 0 Å². The normalized spacial score (nSPS) is 10.4. The van der Waals surface area contributed by atoms with Crippen molar-refractivity contribution in [2.45, 2.75) is 13.5 Å². The minimum atomic E-state index is 0.741. The van der Waals surface area contributed by atoms with E-state index in [0.29, 0.717) is 0 Å². The highest BCUT2D eigenvalue weighted by Crippen LogP contribution is 2.23. The maximum absolute atomic E-state index is 5.25. The lowest BCUT2D eigenvalue weighted by molar-refractivity contribution is 0.412. The van der Waals surface area contributed by atoms with E-state index in [1.807, 2.05) is 38.2 Å². The molecule has 4 heteroatoms. The molecule has 1 aromatic carbocycles. The molecule has 0 spiro atoms. The van der Waals surface area contributed by atoms with Crippen molar-refractivity contribution in [1.82, 2.24) is 15.3 Å². The number of hydrogen-bond donors (Lipinski definition) is 1. The Morgan fingerprint density at radius 1 is 1.28 bits per heavy atom. The van der Waals surface area contributed by atoms with Crippen molar-refractivity contribution in [3.05, 3.63) is 41.7 Å². The smallest absolute Gasteiger partial charge is 0.159 e. The molecule has 0 aliphatic heterocycles. The highest BCUT2D eigenvalue weighted by Gasteiger charge is 2.05. The Labute approximate surface area is 107 Å². The topological polar surface area (TPSA) is 47.0 Å². The molecule has 0 amide bonds. The first-order chi connectivity index (χ1) is 8.74. The summed E-state index contributed by atoms with van der Waals surface area (Å²) >= 11 is 0. The van der Waals surface area contributed by atoms with E-state index in [9.17, 15) is 0 Å². The highest BCUT2D eigenvalue weighted by molar-refractivity contribution is 5.58. The van der Waals surface area contributed by atoms with Gasteiger partial charge < -0.3 is 10.1 Å². The number of aromatic nitrogens is 2. The third kappa shape index (κ3) is 2.65. The lowest BCUT2D eigenvalue weighted by Gasteiger charge is -2.07. The van der Waals surface area contributed by atoms with Crippen molar-refractivity contribution < 1.29 is 4.74 Å². The van der Waals surface area contributed by atoms with Crippen LogP contribution in [0.5, 0.6) is 5.75 Å². The molecule has 2 aromatic rings. The van der Waals surface area contributed by atoms with Gasteiger partial charge in [0, 0.05) is 18.3 Å². The van der Waals surface area contributed by atoms with Gasteiger partial charge in [0.15, 0.2) is 5.82 Å². The maximum atomic E-state index is 5.25. The SMILES string of the molecule is CNCc1ccnc(-c2ccc(OC)c(C)c2)n1. The minimum absolute atomic E-state index is 0.741. The van der Waals surface area contributed by atoms with Crippen molar-refractivity contribution in [3.8, 4) is 17.1 Å². The molecule has 4 nitrogen and oxygen atoms in total. The zero-order chi connectivity index (χ0) is 13.0. The molecule has 0 radical (unpaired) electrons. The number of benzene rings is 1. The monoisotopic (exact) mass is 243 g/mol. The van der Waals surface area contributed by atoms with E-state index < -0.39 is 0 Å². The summed E-state index contributed by atoms with van der Waals surface area (Å²) < 4.78 is 5.25. The van der Waals surface area contributed by atoms with Crippen LogP contribution in [-0.2, 0) is 6.54 Å². The first-order valence-electron chi connectivity index (χ1n) is 5.86. The van der Waals surface area contributed by atoms with Crippen LogP contribution in [0.25, 0.3) is 11.4 Å². The zero-order valence-corrected chi connectivity index (χ0v) is 10.9.